The van der Waals surface area contributed by atoms with Gasteiger partial charge in [-0.2, -0.15) is 0 Å². The second kappa shape index (κ2) is 4.65. The van der Waals surface area contributed by atoms with Crippen LogP contribution in [-0.4, -0.2) is 33.7 Å². The smallest absolute Gasteiger partial charge is 0.133 e. The van der Waals surface area contributed by atoms with E-state index < -0.39 is 0 Å². The molecule has 2 saturated heterocycles. The van der Waals surface area contributed by atoms with Gasteiger partial charge in [-0.3, -0.25) is 0 Å². The highest BCUT2D eigenvalue weighted by Crippen LogP contribution is 2.40. The van der Waals surface area contributed by atoms with Gasteiger partial charge in [0.25, 0.3) is 0 Å². The minimum atomic E-state index is 0.352. The molecule has 0 aromatic carbocycles. The van der Waals surface area contributed by atoms with Crippen molar-refractivity contribution in [3.05, 3.63) is 12.4 Å². The molecule has 2 fully saturated rings. The van der Waals surface area contributed by atoms with E-state index in [2.05, 4.69) is 20.9 Å². The van der Waals surface area contributed by atoms with Gasteiger partial charge >= 0.3 is 0 Å². The van der Waals surface area contributed by atoms with Crippen molar-refractivity contribution in [3.63, 3.8) is 0 Å². The fourth-order valence-corrected chi connectivity index (χ4v) is 3.85. The van der Waals surface area contributed by atoms with Crippen LogP contribution in [0.2, 0.25) is 0 Å². The van der Waals surface area contributed by atoms with E-state index in [4.69, 9.17) is 11.6 Å². The third-order valence-corrected chi connectivity index (χ3v) is 4.77. The van der Waals surface area contributed by atoms with Crippen LogP contribution in [0.4, 0.5) is 5.82 Å². The summed E-state index contributed by atoms with van der Waals surface area (Å²) >= 11 is 7.96. The molecule has 3 heterocycles. The molecule has 1 aromatic rings. The summed E-state index contributed by atoms with van der Waals surface area (Å²) < 4.78 is 0. The van der Waals surface area contributed by atoms with Crippen molar-refractivity contribution in [2.75, 3.05) is 11.2 Å². The predicted octanol–water partition coefficient (Wildman–Crippen LogP) is 2.94. The van der Waals surface area contributed by atoms with Gasteiger partial charge in [0.2, 0.25) is 0 Å². The monoisotopic (exact) mass is 269 g/mol. The lowest BCUT2D eigenvalue weighted by Crippen LogP contribution is -2.43. The van der Waals surface area contributed by atoms with E-state index >= 15 is 0 Å². The average Bonchev–Trinajstić information content (AvgIpc) is 2.62. The normalized spacial score (nSPS) is 31.9. The molecule has 0 radical (unpaired) electrons. The number of aromatic nitrogens is 2. The number of piperidine rings is 1. The van der Waals surface area contributed by atoms with Gasteiger partial charge in [-0.1, -0.05) is 0 Å². The fourth-order valence-electron chi connectivity index (χ4n) is 3.07. The highest BCUT2D eigenvalue weighted by molar-refractivity contribution is 7.98. The molecule has 0 amide bonds. The zero-order chi connectivity index (χ0) is 11.8. The molecule has 0 N–H and O–H groups in total. The molecule has 1 aromatic heterocycles. The molecule has 2 aliphatic rings. The van der Waals surface area contributed by atoms with Crippen LogP contribution >= 0.6 is 23.4 Å². The standard InChI is InChI=1S/C12H16ClN3S/c1-17-12-6-11(14-7-15-12)16-9-2-3-10(16)5-8(13)4-9/h6-10H,2-5H2,1H3. The van der Waals surface area contributed by atoms with Gasteiger partial charge < -0.3 is 4.90 Å². The van der Waals surface area contributed by atoms with Crippen LogP contribution in [0.15, 0.2) is 17.4 Å². The fraction of sp³-hybridized carbons (Fsp3) is 0.667. The Kier molecular flexibility index (Phi) is 3.17. The molecular weight excluding hydrogens is 254 g/mol. The predicted molar refractivity (Wildman–Crippen MR) is 72.0 cm³/mol. The van der Waals surface area contributed by atoms with E-state index in [1.165, 1.54) is 12.8 Å². The number of rotatable bonds is 2. The number of nitrogens with zero attached hydrogens (tertiary/aromatic N) is 3. The third kappa shape index (κ3) is 2.13. The number of anilines is 1. The number of alkyl halides is 1. The molecule has 0 aliphatic carbocycles. The van der Waals surface area contributed by atoms with E-state index in [0.717, 1.165) is 23.7 Å². The third-order valence-electron chi connectivity index (χ3n) is 3.78. The molecule has 2 unspecified atom stereocenters. The van der Waals surface area contributed by atoms with Gasteiger partial charge in [-0.05, 0) is 31.9 Å². The molecule has 2 atom stereocenters. The van der Waals surface area contributed by atoms with Gasteiger partial charge in [0.05, 0.1) is 0 Å². The summed E-state index contributed by atoms with van der Waals surface area (Å²) in [6.45, 7) is 0. The van der Waals surface area contributed by atoms with Crippen LogP contribution in [-0.2, 0) is 0 Å². The first-order valence-corrected chi connectivity index (χ1v) is 7.72. The number of hydrogen-bond donors (Lipinski definition) is 0. The Morgan fingerprint density at radius 3 is 2.65 bits per heavy atom. The van der Waals surface area contributed by atoms with Crippen LogP contribution in [0.5, 0.6) is 0 Å². The van der Waals surface area contributed by atoms with Crippen LogP contribution < -0.4 is 4.90 Å². The largest absolute Gasteiger partial charge is 0.350 e. The summed E-state index contributed by atoms with van der Waals surface area (Å²) in [5.41, 5.74) is 0. The van der Waals surface area contributed by atoms with Crippen molar-refractivity contribution in [2.24, 2.45) is 0 Å². The summed E-state index contributed by atoms with van der Waals surface area (Å²) in [5.74, 6) is 1.08. The van der Waals surface area contributed by atoms with Crippen molar-refractivity contribution in [3.8, 4) is 0 Å². The maximum absolute atomic E-state index is 6.29. The first-order valence-electron chi connectivity index (χ1n) is 6.06. The molecule has 5 heteroatoms. The average molecular weight is 270 g/mol. The minimum absolute atomic E-state index is 0.352. The zero-order valence-corrected chi connectivity index (χ0v) is 11.4. The number of fused-ring (bicyclic) bond motifs is 2. The van der Waals surface area contributed by atoms with Crippen LogP contribution in [0.25, 0.3) is 0 Å². The maximum atomic E-state index is 6.29. The minimum Gasteiger partial charge on any atom is -0.350 e. The first kappa shape index (κ1) is 11.6. The molecule has 2 bridgehead atoms. The lowest BCUT2D eigenvalue weighted by atomic mass is 10.0. The topological polar surface area (TPSA) is 29.0 Å². The van der Waals surface area contributed by atoms with E-state index in [1.54, 1.807) is 18.1 Å². The van der Waals surface area contributed by atoms with Crippen LogP contribution in [0, 0.1) is 0 Å². The van der Waals surface area contributed by atoms with Gasteiger partial charge in [0.1, 0.15) is 17.2 Å². The quantitative estimate of drug-likeness (QED) is 0.469. The Balaban J connectivity index is 1.89. The summed E-state index contributed by atoms with van der Waals surface area (Å²) in [7, 11) is 0. The van der Waals surface area contributed by atoms with E-state index in [9.17, 15) is 0 Å². The Morgan fingerprint density at radius 2 is 2.00 bits per heavy atom. The summed E-state index contributed by atoms with van der Waals surface area (Å²) in [6.07, 6.45) is 8.42. The Morgan fingerprint density at radius 1 is 1.29 bits per heavy atom. The molecule has 92 valence electrons. The number of hydrogen-bond acceptors (Lipinski definition) is 4. The van der Waals surface area contributed by atoms with Crippen molar-refractivity contribution >= 4 is 29.2 Å². The molecule has 3 rings (SSSR count). The molecule has 0 saturated carbocycles. The molecule has 17 heavy (non-hydrogen) atoms. The Labute approximate surface area is 111 Å². The Hall–Kier alpha value is -0.480. The van der Waals surface area contributed by atoms with Crippen molar-refractivity contribution in [1.29, 1.82) is 0 Å². The van der Waals surface area contributed by atoms with Crippen LogP contribution in [0.1, 0.15) is 25.7 Å². The molecule has 0 spiro atoms. The lowest BCUT2D eigenvalue weighted by molar-refractivity contribution is 0.470. The summed E-state index contributed by atoms with van der Waals surface area (Å²) in [5, 5.41) is 1.40. The van der Waals surface area contributed by atoms with Crippen molar-refractivity contribution in [2.45, 2.75) is 48.2 Å². The van der Waals surface area contributed by atoms with E-state index in [1.807, 2.05) is 6.26 Å². The second-order valence-corrected chi connectivity index (χ2v) is 6.22. The van der Waals surface area contributed by atoms with E-state index in [0.29, 0.717) is 17.5 Å². The second-order valence-electron chi connectivity index (χ2n) is 4.78. The van der Waals surface area contributed by atoms with Gasteiger partial charge in [0, 0.05) is 23.5 Å². The highest BCUT2D eigenvalue weighted by atomic mass is 35.5. The van der Waals surface area contributed by atoms with Crippen molar-refractivity contribution in [1.82, 2.24) is 9.97 Å². The van der Waals surface area contributed by atoms with Gasteiger partial charge in [0.15, 0.2) is 0 Å². The zero-order valence-electron chi connectivity index (χ0n) is 9.84. The Bertz CT molecular complexity index is 400. The molecular formula is C12H16ClN3S. The molecule has 3 nitrogen and oxygen atoms in total. The van der Waals surface area contributed by atoms with Crippen LogP contribution in [0.3, 0.4) is 0 Å². The molecule has 2 aliphatic heterocycles. The lowest BCUT2D eigenvalue weighted by Gasteiger charge is -2.37. The van der Waals surface area contributed by atoms with E-state index in [-0.39, 0.29) is 0 Å². The maximum Gasteiger partial charge on any atom is 0.133 e. The first-order chi connectivity index (χ1) is 8.28. The summed E-state index contributed by atoms with van der Waals surface area (Å²) in [4.78, 5) is 11.1. The number of halogens is 1. The van der Waals surface area contributed by atoms with Crippen molar-refractivity contribution < 1.29 is 0 Å². The van der Waals surface area contributed by atoms with Gasteiger partial charge in [-0.25, -0.2) is 9.97 Å². The SMILES string of the molecule is CSc1cc(N2C3CCC2CC(Cl)C3)ncn1. The van der Waals surface area contributed by atoms with Gasteiger partial charge in [-0.15, -0.1) is 23.4 Å². The summed E-state index contributed by atoms with van der Waals surface area (Å²) in [6, 6.07) is 3.27. The number of thioether (sulfide) groups is 1. The highest BCUT2D eigenvalue weighted by Gasteiger charge is 2.40.